The molecular formula is C37H51F2N7O10. The van der Waals surface area contributed by atoms with Crippen molar-refractivity contribution in [3.05, 3.63) is 29.8 Å². The Morgan fingerprint density at radius 1 is 1.02 bits per heavy atom. The Labute approximate surface area is 323 Å². The van der Waals surface area contributed by atoms with Gasteiger partial charge in [-0.1, -0.05) is 12.1 Å². The minimum atomic E-state index is -3.18. The number of piperazine rings is 1. The second kappa shape index (κ2) is 19.7. The maximum atomic E-state index is 13.8. The largest absolute Gasteiger partial charge is 0.508 e. The number of amides is 6. The van der Waals surface area contributed by atoms with E-state index in [1.54, 1.807) is 43.9 Å². The SMILES string of the molecule is CC(C)(C)OC(=O)[C@H](Cc1ccc(O)cc1)NC(=O)CCOCCOCCNC(=O)N1CCN(C(=O)C[C@@H]2C[C@@H](C(=O)N3CC(F)(F)C[C@H]3C#N)NC2=O)CC1. The molecule has 3 fully saturated rings. The predicted octanol–water partition coefficient (Wildman–Crippen LogP) is 0.693. The van der Waals surface area contributed by atoms with E-state index < -0.39 is 72.2 Å². The molecule has 0 aromatic heterocycles. The van der Waals surface area contributed by atoms with Crippen LogP contribution in [0.3, 0.4) is 0 Å². The number of phenolic OH excluding ortho intramolecular Hbond substituents is 1. The molecule has 0 aliphatic carbocycles. The number of alkyl halides is 2. The normalized spacial score (nSPS) is 21.2. The van der Waals surface area contributed by atoms with Crippen molar-refractivity contribution < 1.29 is 56.9 Å². The summed E-state index contributed by atoms with van der Waals surface area (Å²) in [7, 11) is 0. The van der Waals surface area contributed by atoms with Crippen molar-refractivity contribution in [3.8, 4) is 11.8 Å². The van der Waals surface area contributed by atoms with E-state index in [1.165, 1.54) is 17.0 Å². The number of rotatable bonds is 16. The molecule has 3 heterocycles. The summed E-state index contributed by atoms with van der Waals surface area (Å²) in [6.45, 7) is 6.20. The van der Waals surface area contributed by atoms with E-state index in [1.807, 2.05) is 0 Å². The number of nitrogens with one attached hydrogen (secondary N) is 3. The number of hydrogen-bond acceptors (Lipinski definition) is 11. The van der Waals surface area contributed by atoms with E-state index in [-0.39, 0.29) is 103 Å². The van der Waals surface area contributed by atoms with Crippen molar-refractivity contribution in [3.63, 3.8) is 0 Å². The van der Waals surface area contributed by atoms with Gasteiger partial charge < -0.3 is 50.0 Å². The smallest absolute Gasteiger partial charge is 0.329 e. The first-order valence-corrected chi connectivity index (χ1v) is 18.6. The van der Waals surface area contributed by atoms with Crippen molar-refractivity contribution in [1.82, 2.24) is 30.7 Å². The van der Waals surface area contributed by atoms with Crippen LogP contribution < -0.4 is 16.0 Å². The Morgan fingerprint density at radius 2 is 1.66 bits per heavy atom. The predicted molar refractivity (Wildman–Crippen MR) is 193 cm³/mol. The van der Waals surface area contributed by atoms with E-state index >= 15 is 0 Å². The highest BCUT2D eigenvalue weighted by atomic mass is 19.3. The first kappa shape index (κ1) is 43.6. The highest BCUT2D eigenvalue weighted by Crippen LogP contribution is 2.33. The number of aromatic hydroxyl groups is 1. The molecule has 4 atom stereocenters. The Hall–Kier alpha value is -5.09. The van der Waals surface area contributed by atoms with Crippen LogP contribution >= 0.6 is 0 Å². The fourth-order valence-corrected chi connectivity index (χ4v) is 6.47. The Kier molecular flexibility index (Phi) is 15.3. The van der Waals surface area contributed by atoms with Gasteiger partial charge in [0, 0.05) is 64.3 Å². The maximum absolute atomic E-state index is 13.8. The van der Waals surface area contributed by atoms with Crippen LogP contribution in [0.1, 0.15) is 52.0 Å². The van der Waals surface area contributed by atoms with Crippen LogP contribution in [0.5, 0.6) is 5.75 Å². The molecule has 6 amide bonds. The van der Waals surface area contributed by atoms with Gasteiger partial charge in [-0.05, 0) is 44.9 Å². The third-order valence-corrected chi connectivity index (χ3v) is 9.32. The molecule has 308 valence electrons. The number of carbonyl (C=O) groups is 6. The molecule has 1 aromatic carbocycles. The third kappa shape index (κ3) is 13.3. The van der Waals surface area contributed by atoms with Gasteiger partial charge in [-0.2, -0.15) is 5.26 Å². The van der Waals surface area contributed by atoms with Gasteiger partial charge in [0.05, 0.1) is 39.0 Å². The molecule has 0 saturated carbocycles. The Balaban J connectivity index is 1.05. The summed E-state index contributed by atoms with van der Waals surface area (Å²) in [6, 6.07) is 4.39. The summed E-state index contributed by atoms with van der Waals surface area (Å²) in [5.74, 6) is -6.51. The van der Waals surface area contributed by atoms with Crippen LogP contribution in [0.15, 0.2) is 24.3 Å². The van der Waals surface area contributed by atoms with Crippen molar-refractivity contribution in [1.29, 1.82) is 5.26 Å². The molecule has 0 unspecified atom stereocenters. The van der Waals surface area contributed by atoms with Crippen LogP contribution in [-0.4, -0.2) is 151 Å². The number of hydrogen-bond donors (Lipinski definition) is 4. The van der Waals surface area contributed by atoms with Gasteiger partial charge in [0.1, 0.15) is 29.5 Å². The lowest BCUT2D eigenvalue weighted by molar-refractivity contribution is -0.158. The minimum Gasteiger partial charge on any atom is -0.508 e. The monoisotopic (exact) mass is 791 g/mol. The summed E-state index contributed by atoms with van der Waals surface area (Å²) < 4.78 is 44.1. The van der Waals surface area contributed by atoms with Gasteiger partial charge >= 0.3 is 12.0 Å². The highest BCUT2D eigenvalue weighted by molar-refractivity contribution is 5.94. The molecule has 3 saturated heterocycles. The molecular weight excluding hydrogens is 740 g/mol. The number of benzene rings is 1. The number of urea groups is 1. The highest BCUT2D eigenvalue weighted by Gasteiger charge is 2.50. The Morgan fingerprint density at radius 3 is 2.30 bits per heavy atom. The zero-order chi connectivity index (χ0) is 41.0. The van der Waals surface area contributed by atoms with Crippen LogP contribution in [0.2, 0.25) is 0 Å². The average Bonchev–Trinajstić information content (AvgIpc) is 3.67. The van der Waals surface area contributed by atoms with Crippen LogP contribution in [0.25, 0.3) is 0 Å². The van der Waals surface area contributed by atoms with Crippen LogP contribution in [0, 0.1) is 17.2 Å². The van der Waals surface area contributed by atoms with E-state index in [0.717, 1.165) is 10.5 Å². The van der Waals surface area contributed by atoms with Crippen molar-refractivity contribution >= 4 is 35.6 Å². The van der Waals surface area contributed by atoms with E-state index in [9.17, 15) is 47.9 Å². The summed E-state index contributed by atoms with van der Waals surface area (Å²) >= 11 is 0. The lowest BCUT2D eigenvalue weighted by Gasteiger charge is -2.35. The summed E-state index contributed by atoms with van der Waals surface area (Å²) in [5.41, 5.74) is -0.0138. The summed E-state index contributed by atoms with van der Waals surface area (Å²) in [4.78, 5) is 80.2. The standard InChI is InChI=1S/C37H51F2N7O10/c1-36(2,3)56-34(52)29(18-24-4-6-27(47)7-5-24)42-30(48)8-14-54-16-17-55-15-9-41-35(53)45-12-10-44(11-13-45)31(49)20-25-19-28(43-32(25)50)33(51)46-23-37(38,39)21-26(46)22-40/h4-7,25-26,28-29,47H,8-21,23H2,1-3H3,(H,41,53)(H,42,48)(H,43,50)/t25-,26-,28-,29-/m0/s1. The van der Waals surface area contributed by atoms with Crippen molar-refractivity contribution in [2.45, 2.75) is 82.5 Å². The molecule has 1 aromatic rings. The number of ether oxygens (including phenoxy) is 3. The van der Waals surface area contributed by atoms with Crippen LogP contribution in [0.4, 0.5) is 13.6 Å². The van der Waals surface area contributed by atoms with Gasteiger partial charge in [0.2, 0.25) is 23.6 Å². The number of nitrogens with zero attached hydrogens (tertiary/aromatic N) is 4. The maximum Gasteiger partial charge on any atom is 0.329 e. The molecule has 17 nitrogen and oxygen atoms in total. The van der Waals surface area contributed by atoms with Crippen molar-refractivity contribution in [2.75, 3.05) is 65.7 Å². The second-order valence-corrected chi connectivity index (χ2v) is 15.0. The molecule has 19 heteroatoms. The van der Waals surface area contributed by atoms with Crippen LogP contribution in [-0.2, 0) is 44.6 Å². The lowest BCUT2D eigenvalue weighted by Crippen LogP contribution is -2.53. The lowest BCUT2D eigenvalue weighted by atomic mass is 9.99. The minimum absolute atomic E-state index is 0.00364. The first-order valence-electron chi connectivity index (χ1n) is 18.6. The van der Waals surface area contributed by atoms with E-state index in [2.05, 4.69) is 16.0 Å². The van der Waals surface area contributed by atoms with Gasteiger partial charge in [-0.3, -0.25) is 19.2 Å². The number of halogens is 2. The topological polar surface area (TPSA) is 220 Å². The molecule has 0 bridgehead atoms. The molecule has 0 radical (unpaired) electrons. The number of carbonyl (C=O) groups excluding carboxylic acids is 6. The van der Waals surface area contributed by atoms with Gasteiger partial charge in [-0.15, -0.1) is 0 Å². The van der Waals surface area contributed by atoms with E-state index in [0.29, 0.717) is 0 Å². The third-order valence-electron chi connectivity index (χ3n) is 9.32. The zero-order valence-corrected chi connectivity index (χ0v) is 31.9. The van der Waals surface area contributed by atoms with Gasteiger partial charge in [-0.25, -0.2) is 18.4 Å². The zero-order valence-electron chi connectivity index (χ0n) is 31.9. The molecule has 3 aliphatic heterocycles. The van der Waals surface area contributed by atoms with Gasteiger partial charge in [0.15, 0.2) is 0 Å². The fraction of sp³-hybridized carbons (Fsp3) is 0.649. The molecule has 3 aliphatic rings. The molecule has 0 spiro atoms. The number of phenols is 1. The van der Waals surface area contributed by atoms with Gasteiger partial charge in [0.25, 0.3) is 5.92 Å². The second-order valence-electron chi connectivity index (χ2n) is 15.0. The molecule has 56 heavy (non-hydrogen) atoms. The van der Waals surface area contributed by atoms with E-state index in [4.69, 9.17) is 14.2 Å². The molecule has 4 N–H and O–H groups in total. The quantitative estimate of drug-likeness (QED) is 0.135. The number of esters is 1. The average molecular weight is 792 g/mol. The Bertz CT molecular complexity index is 1610. The first-order chi connectivity index (χ1) is 26.4. The summed E-state index contributed by atoms with van der Waals surface area (Å²) in [6.07, 6.45) is -0.803. The van der Waals surface area contributed by atoms with Crippen molar-refractivity contribution in [2.24, 2.45) is 5.92 Å². The molecule has 4 rings (SSSR count). The number of nitriles is 1. The fourth-order valence-electron chi connectivity index (χ4n) is 6.47. The number of likely N-dealkylation sites (tertiary alicyclic amines) is 1. The summed E-state index contributed by atoms with van der Waals surface area (Å²) in [5, 5.41) is 26.7.